The second kappa shape index (κ2) is 8.10. The van der Waals surface area contributed by atoms with Gasteiger partial charge in [0.05, 0.1) is 10.5 Å². The van der Waals surface area contributed by atoms with E-state index < -0.39 is 16.6 Å². The standard InChI is InChI=1S/C20H26N4O5/c1-20(2,3)29-19(26)22-11-14-6-4-5-9-23(14)18(25)16-12-21-17-8-7-13(24(27)28)10-15(16)17/h7-8,10,12,14,21H,4-6,9,11H2,1-3H3,(H,22,26). The lowest BCUT2D eigenvalue weighted by Gasteiger charge is -2.36. The Balaban J connectivity index is 1.77. The molecule has 2 amide bonds. The summed E-state index contributed by atoms with van der Waals surface area (Å²) in [5.41, 5.74) is 0.408. The minimum Gasteiger partial charge on any atom is -0.444 e. The van der Waals surface area contributed by atoms with Gasteiger partial charge in [-0.25, -0.2) is 4.79 Å². The molecule has 1 aromatic carbocycles. The number of hydrogen-bond acceptors (Lipinski definition) is 5. The molecular weight excluding hydrogens is 376 g/mol. The zero-order chi connectivity index (χ0) is 21.2. The molecule has 0 aliphatic carbocycles. The summed E-state index contributed by atoms with van der Waals surface area (Å²) < 4.78 is 5.27. The molecule has 1 aromatic heterocycles. The van der Waals surface area contributed by atoms with E-state index in [1.54, 1.807) is 37.9 Å². The molecule has 1 atom stereocenters. The van der Waals surface area contributed by atoms with Crippen LogP contribution in [0.1, 0.15) is 50.4 Å². The lowest BCUT2D eigenvalue weighted by molar-refractivity contribution is -0.384. The first kappa shape index (κ1) is 20.6. The van der Waals surface area contributed by atoms with Gasteiger partial charge in [0.1, 0.15) is 5.60 Å². The van der Waals surface area contributed by atoms with Crippen LogP contribution in [0, 0.1) is 10.1 Å². The van der Waals surface area contributed by atoms with Crippen LogP contribution in [-0.4, -0.2) is 51.5 Å². The summed E-state index contributed by atoms with van der Waals surface area (Å²) in [6.07, 6.45) is 3.67. The van der Waals surface area contributed by atoms with Crippen LogP contribution in [0.5, 0.6) is 0 Å². The SMILES string of the molecule is CC(C)(C)OC(=O)NCC1CCCCN1C(=O)c1c[nH]c2ccc([N+](=O)[O-])cc12. The number of piperidine rings is 1. The smallest absolute Gasteiger partial charge is 0.407 e. The number of rotatable bonds is 4. The van der Waals surface area contributed by atoms with Crippen molar-refractivity contribution in [3.05, 3.63) is 40.1 Å². The topological polar surface area (TPSA) is 118 Å². The number of ether oxygens (including phenoxy) is 1. The lowest BCUT2D eigenvalue weighted by Crippen LogP contribution is -2.50. The first-order valence-electron chi connectivity index (χ1n) is 9.69. The van der Waals surface area contributed by atoms with Crippen molar-refractivity contribution in [1.82, 2.24) is 15.2 Å². The fourth-order valence-electron chi connectivity index (χ4n) is 3.55. The van der Waals surface area contributed by atoms with E-state index in [9.17, 15) is 19.7 Å². The van der Waals surface area contributed by atoms with Gasteiger partial charge in [-0.2, -0.15) is 0 Å². The number of nitrogens with zero attached hydrogens (tertiary/aromatic N) is 2. The third-order valence-electron chi connectivity index (χ3n) is 4.88. The first-order valence-corrected chi connectivity index (χ1v) is 9.69. The molecule has 2 aromatic rings. The second-order valence-electron chi connectivity index (χ2n) is 8.22. The first-order chi connectivity index (χ1) is 13.7. The number of likely N-dealkylation sites (tertiary alicyclic amines) is 1. The minimum absolute atomic E-state index is 0.0621. The Kier molecular flexibility index (Phi) is 5.76. The number of carbonyl (C=O) groups is 2. The molecule has 29 heavy (non-hydrogen) atoms. The van der Waals surface area contributed by atoms with Gasteiger partial charge in [0.2, 0.25) is 0 Å². The van der Waals surface area contributed by atoms with E-state index in [-0.39, 0.29) is 17.6 Å². The number of H-pyrrole nitrogens is 1. The van der Waals surface area contributed by atoms with Crippen molar-refractivity contribution >= 4 is 28.6 Å². The molecule has 1 aliphatic rings. The number of benzene rings is 1. The van der Waals surface area contributed by atoms with Crippen molar-refractivity contribution in [1.29, 1.82) is 0 Å². The zero-order valence-corrected chi connectivity index (χ0v) is 16.9. The highest BCUT2D eigenvalue weighted by Gasteiger charge is 2.30. The lowest BCUT2D eigenvalue weighted by atomic mass is 10.0. The number of aromatic amines is 1. The van der Waals surface area contributed by atoms with E-state index in [0.717, 1.165) is 19.3 Å². The molecule has 1 unspecified atom stereocenters. The molecule has 1 fully saturated rings. The van der Waals surface area contributed by atoms with E-state index >= 15 is 0 Å². The molecule has 1 saturated heterocycles. The van der Waals surface area contributed by atoms with E-state index in [4.69, 9.17) is 4.74 Å². The van der Waals surface area contributed by atoms with E-state index in [0.29, 0.717) is 29.6 Å². The average molecular weight is 402 g/mol. The van der Waals surface area contributed by atoms with Crippen LogP contribution < -0.4 is 5.32 Å². The van der Waals surface area contributed by atoms with Crippen LogP contribution >= 0.6 is 0 Å². The second-order valence-corrected chi connectivity index (χ2v) is 8.22. The Hall–Kier alpha value is -3.10. The average Bonchev–Trinajstić information content (AvgIpc) is 3.08. The van der Waals surface area contributed by atoms with E-state index in [2.05, 4.69) is 10.3 Å². The van der Waals surface area contributed by atoms with E-state index in [1.807, 2.05) is 0 Å². The van der Waals surface area contributed by atoms with Gasteiger partial charge in [0.25, 0.3) is 11.6 Å². The number of nitro groups is 1. The monoisotopic (exact) mass is 402 g/mol. The maximum absolute atomic E-state index is 13.2. The Morgan fingerprint density at radius 3 is 2.79 bits per heavy atom. The predicted octanol–water partition coefficient (Wildman–Crippen LogP) is 3.60. The van der Waals surface area contributed by atoms with Crippen LogP contribution in [0.25, 0.3) is 10.9 Å². The predicted molar refractivity (Wildman–Crippen MR) is 108 cm³/mol. The highest BCUT2D eigenvalue weighted by atomic mass is 16.6. The minimum atomic E-state index is -0.592. The number of nitrogens with one attached hydrogen (secondary N) is 2. The molecule has 0 saturated carbocycles. The Bertz CT molecular complexity index is 931. The van der Waals surface area contributed by atoms with Crippen LogP contribution in [0.3, 0.4) is 0 Å². The molecule has 9 nitrogen and oxygen atoms in total. The summed E-state index contributed by atoms with van der Waals surface area (Å²) in [5.74, 6) is -0.201. The molecule has 9 heteroatoms. The summed E-state index contributed by atoms with van der Waals surface area (Å²) in [6, 6.07) is 4.26. The molecule has 0 spiro atoms. The number of alkyl carbamates (subject to hydrolysis) is 1. The van der Waals surface area contributed by atoms with Crippen LogP contribution in [0.2, 0.25) is 0 Å². The fraction of sp³-hybridized carbons (Fsp3) is 0.500. The Morgan fingerprint density at radius 1 is 1.34 bits per heavy atom. The molecule has 0 radical (unpaired) electrons. The fourth-order valence-corrected chi connectivity index (χ4v) is 3.55. The van der Waals surface area contributed by atoms with Crippen molar-refractivity contribution in [2.45, 2.75) is 51.7 Å². The van der Waals surface area contributed by atoms with Gasteiger partial charge in [-0.05, 0) is 46.1 Å². The number of aromatic nitrogens is 1. The number of nitro benzene ring substituents is 1. The van der Waals surface area contributed by atoms with Crippen LogP contribution in [0.15, 0.2) is 24.4 Å². The summed E-state index contributed by atoms with van der Waals surface area (Å²) >= 11 is 0. The largest absolute Gasteiger partial charge is 0.444 e. The molecule has 156 valence electrons. The Morgan fingerprint density at radius 2 is 2.10 bits per heavy atom. The van der Waals surface area contributed by atoms with Gasteiger partial charge < -0.3 is 19.9 Å². The van der Waals surface area contributed by atoms with Gasteiger partial charge in [-0.1, -0.05) is 0 Å². The normalized spacial score (nSPS) is 17.2. The quantitative estimate of drug-likeness (QED) is 0.598. The van der Waals surface area contributed by atoms with Crippen molar-refractivity contribution in [3.8, 4) is 0 Å². The van der Waals surface area contributed by atoms with Crippen molar-refractivity contribution < 1.29 is 19.2 Å². The molecule has 0 bridgehead atoms. The number of hydrogen-bond donors (Lipinski definition) is 2. The zero-order valence-electron chi connectivity index (χ0n) is 16.9. The van der Waals surface area contributed by atoms with Crippen LogP contribution in [-0.2, 0) is 4.74 Å². The molecular formula is C20H26N4O5. The van der Waals surface area contributed by atoms with Crippen molar-refractivity contribution in [2.24, 2.45) is 0 Å². The molecule has 3 rings (SSSR count). The molecule has 1 aliphatic heterocycles. The highest BCUT2D eigenvalue weighted by molar-refractivity contribution is 6.07. The van der Waals surface area contributed by atoms with Gasteiger partial charge in [-0.3, -0.25) is 14.9 Å². The van der Waals surface area contributed by atoms with Gasteiger partial charge in [0.15, 0.2) is 0 Å². The van der Waals surface area contributed by atoms with Gasteiger partial charge in [0, 0.05) is 48.4 Å². The van der Waals surface area contributed by atoms with Gasteiger partial charge in [-0.15, -0.1) is 0 Å². The molecule has 2 N–H and O–H groups in total. The summed E-state index contributed by atoms with van der Waals surface area (Å²) in [4.78, 5) is 40.6. The maximum Gasteiger partial charge on any atom is 0.407 e. The number of carbonyl (C=O) groups excluding carboxylic acids is 2. The summed E-state index contributed by atoms with van der Waals surface area (Å²) in [6.45, 7) is 6.24. The van der Waals surface area contributed by atoms with Crippen molar-refractivity contribution in [2.75, 3.05) is 13.1 Å². The van der Waals surface area contributed by atoms with Crippen molar-refractivity contribution in [3.63, 3.8) is 0 Å². The number of fused-ring (bicyclic) bond motifs is 1. The summed E-state index contributed by atoms with van der Waals surface area (Å²) in [5, 5.41) is 14.4. The van der Waals surface area contributed by atoms with Gasteiger partial charge >= 0.3 is 6.09 Å². The third-order valence-corrected chi connectivity index (χ3v) is 4.88. The Labute approximate surface area is 168 Å². The molecule has 2 heterocycles. The van der Waals surface area contributed by atoms with Crippen LogP contribution in [0.4, 0.5) is 10.5 Å². The maximum atomic E-state index is 13.2. The number of non-ortho nitro benzene ring substituents is 1. The van der Waals surface area contributed by atoms with E-state index in [1.165, 1.54) is 12.1 Å². The third kappa shape index (κ3) is 4.85. The number of amides is 2. The summed E-state index contributed by atoms with van der Waals surface area (Å²) in [7, 11) is 0. The highest BCUT2D eigenvalue weighted by Crippen LogP contribution is 2.27.